The molecule has 9 nitrogen and oxygen atoms in total. The van der Waals surface area contributed by atoms with Gasteiger partial charge < -0.3 is 10.0 Å². The molecule has 12 heteroatoms. The van der Waals surface area contributed by atoms with Crippen molar-refractivity contribution in [2.24, 2.45) is 0 Å². The van der Waals surface area contributed by atoms with Gasteiger partial charge in [-0.3, -0.25) is 19.4 Å². The van der Waals surface area contributed by atoms with E-state index in [1.807, 2.05) is 4.90 Å². The number of Topliss-reactive ketones (excluding diaryl/α,β-unsaturated/α-hetero) is 1. The van der Waals surface area contributed by atoms with Crippen LogP contribution in [0.1, 0.15) is 15.9 Å². The smallest absolute Gasteiger partial charge is 0.299 e. The predicted octanol–water partition coefficient (Wildman–Crippen LogP) is 2.05. The largest absolute Gasteiger partial charge is 0.382 e. The van der Waals surface area contributed by atoms with Crippen LogP contribution >= 0.6 is 15.9 Å². The highest BCUT2D eigenvalue weighted by molar-refractivity contribution is 9.10. The highest BCUT2D eigenvalue weighted by Crippen LogP contribution is 2.31. The van der Waals surface area contributed by atoms with Crippen LogP contribution in [-0.4, -0.2) is 87.2 Å². The number of aromatic nitrogens is 3. The summed E-state index contributed by atoms with van der Waals surface area (Å²) >= 11 is 3.34. The van der Waals surface area contributed by atoms with E-state index in [1.54, 1.807) is 18.2 Å². The van der Waals surface area contributed by atoms with Crippen molar-refractivity contribution in [3.63, 3.8) is 0 Å². The van der Waals surface area contributed by atoms with Gasteiger partial charge in [0.15, 0.2) is 0 Å². The number of β-amino-alcohol motifs (C(OH)–C–C–N with tert-alkyl or cyclic N) is 1. The third kappa shape index (κ3) is 5.33. The molecule has 1 atom stereocenters. The fraction of sp³-hybridized carbons (Fsp3) is 0.360. The Hall–Kier alpha value is -3.06. The van der Waals surface area contributed by atoms with Crippen LogP contribution < -0.4 is 4.90 Å². The summed E-state index contributed by atoms with van der Waals surface area (Å²) in [4.78, 5) is 34.5. The van der Waals surface area contributed by atoms with E-state index in [2.05, 4.69) is 30.9 Å². The number of rotatable bonds is 8. The lowest BCUT2D eigenvalue weighted by Gasteiger charge is -2.40. The van der Waals surface area contributed by atoms with E-state index in [0.29, 0.717) is 50.5 Å². The molecule has 2 aromatic carbocycles. The molecule has 1 aromatic heterocycles. The number of carbonyl (C=O) groups excluding carboxylic acids is 2. The Morgan fingerprint density at radius 1 is 0.973 bits per heavy atom. The Kier molecular flexibility index (Phi) is 7.17. The minimum absolute atomic E-state index is 0.00524. The van der Waals surface area contributed by atoms with E-state index in [-0.39, 0.29) is 18.7 Å². The maximum atomic E-state index is 14.7. The molecular weight excluding hydrogens is 550 g/mol. The van der Waals surface area contributed by atoms with Gasteiger partial charge in [-0.05, 0) is 24.3 Å². The van der Waals surface area contributed by atoms with Crippen LogP contribution in [-0.2, 0) is 16.9 Å². The van der Waals surface area contributed by atoms with Gasteiger partial charge >= 0.3 is 0 Å². The molecule has 2 aliphatic heterocycles. The summed E-state index contributed by atoms with van der Waals surface area (Å²) in [6, 6.07) is 8.40. The summed E-state index contributed by atoms with van der Waals surface area (Å²) in [5.74, 6) is -2.56. The summed E-state index contributed by atoms with van der Waals surface area (Å²) < 4.78 is 30.4. The number of hydrogen-bond donors (Lipinski definition) is 1. The number of halogens is 3. The molecule has 1 N–H and O–H groups in total. The first kappa shape index (κ1) is 25.6. The van der Waals surface area contributed by atoms with E-state index in [9.17, 15) is 23.5 Å². The summed E-state index contributed by atoms with van der Waals surface area (Å²) in [5, 5.41) is 15.6. The third-order valence-electron chi connectivity index (χ3n) is 6.85. The molecule has 0 spiro atoms. The molecule has 5 rings (SSSR count). The molecule has 0 radical (unpaired) electrons. The quantitative estimate of drug-likeness (QED) is 0.411. The number of ketones is 1. The molecule has 0 aliphatic carbocycles. The second kappa shape index (κ2) is 10.4. The molecule has 37 heavy (non-hydrogen) atoms. The normalized spacial score (nSPS) is 18.3. The van der Waals surface area contributed by atoms with Gasteiger partial charge in [0.05, 0.1) is 17.8 Å². The minimum atomic E-state index is -1.66. The number of anilines is 1. The van der Waals surface area contributed by atoms with E-state index < -0.39 is 28.9 Å². The van der Waals surface area contributed by atoms with E-state index in [0.717, 1.165) is 16.6 Å². The van der Waals surface area contributed by atoms with Crippen molar-refractivity contribution in [3.05, 3.63) is 76.3 Å². The Bertz CT molecular complexity index is 1320. The van der Waals surface area contributed by atoms with Gasteiger partial charge in [0.25, 0.3) is 11.7 Å². The number of carbonyl (C=O) groups is 2. The van der Waals surface area contributed by atoms with Crippen molar-refractivity contribution in [2.45, 2.75) is 12.1 Å². The fourth-order valence-corrected chi connectivity index (χ4v) is 5.31. The maximum Gasteiger partial charge on any atom is 0.299 e. The average molecular weight is 575 g/mol. The highest BCUT2D eigenvalue weighted by Gasteiger charge is 2.38. The minimum Gasteiger partial charge on any atom is -0.382 e. The lowest BCUT2D eigenvalue weighted by molar-refractivity contribution is -0.114. The second-order valence-corrected chi connectivity index (χ2v) is 10.2. The molecule has 2 aliphatic rings. The molecule has 194 valence electrons. The summed E-state index contributed by atoms with van der Waals surface area (Å²) in [5.41, 5.74) is -0.636. The molecule has 1 fully saturated rings. The number of benzene rings is 2. The van der Waals surface area contributed by atoms with Crippen LogP contribution in [0.4, 0.5) is 14.5 Å². The van der Waals surface area contributed by atoms with Crippen molar-refractivity contribution >= 4 is 33.3 Å². The predicted molar refractivity (Wildman–Crippen MR) is 134 cm³/mol. The van der Waals surface area contributed by atoms with Crippen LogP contribution in [0.25, 0.3) is 0 Å². The molecule has 1 saturated heterocycles. The molecule has 1 unspecified atom stereocenters. The van der Waals surface area contributed by atoms with Gasteiger partial charge in [0.1, 0.15) is 29.9 Å². The zero-order chi connectivity index (χ0) is 26.2. The molecule has 3 aromatic rings. The monoisotopic (exact) mass is 574 g/mol. The van der Waals surface area contributed by atoms with Crippen LogP contribution in [0, 0.1) is 11.6 Å². The zero-order valence-electron chi connectivity index (χ0n) is 19.9. The lowest BCUT2D eigenvalue weighted by Crippen LogP contribution is -2.53. The Morgan fingerprint density at radius 2 is 1.73 bits per heavy atom. The standard InChI is InChI=1S/C25H25BrF2N6O3/c26-17-1-4-22-19(11-17)23(35)24(36)34(22)10-9-31-5-7-32(8-6-31)13-25(37,14-33-16-29-15-30-33)20-3-2-18(27)12-21(20)28/h1-4,11-12,15-16,37H,5-10,13-14H2. The van der Waals surface area contributed by atoms with Gasteiger partial charge in [-0.2, -0.15) is 5.10 Å². The van der Waals surface area contributed by atoms with Gasteiger partial charge in [-0.25, -0.2) is 18.4 Å². The van der Waals surface area contributed by atoms with Gasteiger partial charge in [-0.15, -0.1) is 0 Å². The average Bonchev–Trinajstić information content (AvgIpc) is 3.45. The third-order valence-corrected chi connectivity index (χ3v) is 7.34. The summed E-state index contributed by atoms with van der Waals surface area (Å²) in [6.45, 7) is 3.55. The highest BCUT2D eigenvalue weighted by atomic mass is 79.9. The SMILES string of the molecule is O=C1C(=O)N(CCN2CCN(CC(O)(Cn3cncn3)c3ccc(F)cc3F)CC2)c2ccc(Br)cc21. The zero-order valence-corrected chi connectivity index (χ0v) is 21.4. The van der Waals surface area contributed by atoms with Gasteiger partial charge in [0.2, 0.25) is 0 Å². The van der Waals surface area contributed by atoms with Gasteiger partial charge in [-0.1, -0.05) is 22.0 Å². The van der Waals surface area contributed by atoms with Gasteiger partial charge in [0, 0.05) is 61.9 Å². The van der Waals surface area contributed by atoms with Crippen LogP contribution in [0.5, 0.6) is 0 Å². The van der Waals surface area contributed by atoms with Crippen LogP contribution in [0.2, 0.25) is 0 Å². The first-order valence-corrected chi connectivity index (χ1v) is 12.6. The number of piperazine rings is 1. The Labute approximate surface area is 220 Å². The molecule has 1 amide bonds. The summed E-state index contributed by atoms with van der Waals surface area (Å²) in [7, 11) is 0. The molecular formula is C25H25BrF2N6O3. The van der Waals surface area contributed by atoms with Crippen molar-refractivity contribution in [3.8, 4) is 0 Å². The van der Waals surface area contributed by atoms with E-state index >= 15 is 0 Å². The second-order valence-electron chi connectivity index (χ2n) is 9.31. The number of fused-ring (bicyclic) bond motifs is 1. The van der Waals surface area contributed by atoms with E-state index in [4.69, 9.17) is 0 Å². The fourth-order valence-electron chi connectivity index (χ4n) is 4.95. The number of amides is 1. The Balaban J connectivity index is 1.22. The van der Waals surface area contributed by atoms with Crippen LogP contribution in [0.15, 0.2) is 53.5 Å². The first-order chi connectivity index (χ1) is 17.7. The van der Waals surface area contributed by atoms with Crippen LogP contribution in [0.3, 0.4) is 0 Å². The Morgan fingerprint density at radius 3 is 2.43 bits per heavy atom. The first-order valence-electron chi connectivity index (χ1n) is 11.8. The van der Waals surface area contributed by atoms with Crippen molar-refractivity contribution in [1.82, 2.24) is 24.6 Å². The van der Waals surface area contributed by atoms with Crippen molar-refractivity contribution in [2.75, 3.05) is 50.7 Å². The summed E-state index contributed by atoms with van der Waals surface area (Å²) in [6.07, 6.45) is 2.77. The number of aliphatic hydroxyl groups is 1. The van der Waals surface area contributed by atoms with Crippen molar-refractivity contribution in [1.29, 1.82) is 0 Å². The molecule has 3 heterocycles. The maximum absolute atomic E-state index is 14.7. The van der Waals surface area contributed by atoms with Crippen molar-refractivity contribution < 1.29 is 23.5 Å². The lowest BCUT2D eigenvalue weighted by atomic mass is 9.92. The topological polar surface area (TPSA) is 94.8 Å². The number of nitrogens with zero attached hydrogens (tertiary/aromatic N) is 6. The molecule has 0 bridgehead atoms. The number of hydrogen-bond acceptors (Lipinski definition) is 7. The molecule has 0 saturated carbocycles. The van der Waals surface area contributed by atoms with E-state index in [1.165, 1.54) is 28.3 Å².